The molecule has 0 saturated carbocycles. The Labute approximate surface area is 111 Å². The maximum absolute atomic E-state index is 13.0. The number of hydrogen-bond donors (Lipinski definition) is 1. The predicted molar refractivity (Wildman–Crippen MR) is 68.7 cm³/mol. The first kappa shape index (κ1) is 13.8. The minimum Gasteiger partial charge on any atom is -0.492 e. The minimum absolute atomic E-state index is 0.0509. The third-order valence-electron chi connectivity index (χ3n) is 3.31. The van der Waals surface area contributed by atoms with E-state index in [0.717, 1.165) is 25.9 Å². The first-order chi connectivity index (χ1) is 9.15. The van der Waals surface area contributed by atoms with E-state index in [-0.39, 0.29) is 24.9 Å². The molecule has 0 amide bonds. The molecule has 1 fully saturated rings. The molecule has 0 radical (unpaired) electrons. The van der Waals surface area contributed by atoms with E-state index < -0.39 is 5.97 Å². The third kappa shape index (κ3) is 4.21. The van der Waals surface area contributed by atoms with Crippen molar-refractivity contribution in [2.75, 3.05) is 19.7 Å². The van der Waals surface area contributed by atoms with Crippen LogP contribution in [0.4, 0.5) is 4.39 Å². The summed E-state index contributed by atoms with van der Waals surface area (Å²) in [6.45, 7) is 2.09. The van der Waals surface area contributed by atoms with E-state index in [0.29, 0.717) is 5.75 Å². The van der Waals surface area contributed by atoms with Crippen molar-refractivity contribution in [2.24, 2.45) is 0 Å². The van der Waals surface area contributed by atoms with Crippen LogP contribution >= 0.6 is 0 Å². The summed E-state index contributed by atoms with van der Waals surface area (Å²) in [5, 5.41) is 8.94. The SMILES string of the molecule is O=C(O)CC(COc1cccc(F)c1)N1CCCC1. The summed E-state index contributed by atoms with van der Waals surface area (Å²) in [5.41, 5.74) is 0. The summed E-state index contributed by atoms with van der Waals surface area (Å²) in [6.07, 6.45) is 2.24. The van der Waals surface area contributed by atoms with Crippen LogP contribution in [0.2, 0.25) is 0 Å². The van der Waals surface area contributed by atoms with Crippen LogP contribution in [0.25, 0.3) is 0 Å². The number of hydrogen-bond acceptors (Lipinski definition) is 3. The molecule has 1 aliphatic heterocycles. The maximum Gasteiger partial charge on any atom is 0.305 e. The average Bonchev–Trinajstić information content (AvgIpc) is 2.88. The van der Waals surface area contributed by atoms with Gasteiger partial charge in [-0.05, 0) is 38.1 Å². The van der Waals surface area contributed by atoms with Crippen LogP contribution in [0.1, 0.15) is 19.3 Å². The molecule has 1 unspecified atom stereocenters. The quantitative estimate of drug-likeness (QED) is 0.858. The molecule has 5 heteroatoms. The highest BCUT2D eigenvalue weighted by Gasteiger charge is 2.24. The molecular formula is C14H18FNO3. The van der Waals surface area contributed by atoms with Gasteiger partial charge in [-0.1, -0.05) is 6.07 Å². The Balaban J connectivity index is 1.93. The summed E-state index contributed by atoms with van der Waals surface area (Å²) >= 11 is 0. The molecule has 0 aliphatic carbocycles. The molecule has 1 saturated heterocycles. The van der Waals surface area contributed by atoms with Gasteiger partial charge in [0.15, 0.2) is 0 Å². The Kier molecular flexibility index (Phi) is 4.74. The van der Waals surface area contributed by atoms with Gasteiger partial charge < -0.3 is 9.84 Å². The molecule has 1 aromatic carbocycles. The lowest BCUT2D eigenvalue weighted by atomic mass is 10.2. The number of ether oxygens (including phenoxy) is 1. The predicted octanol–water partition coefficient (Wildman–Crippen LogP) is 2.14. The van der Waals surface area contributed by atoms with Crippen molar-refractivity contribution >= 4 is 5.97 Å². The molecular weight excluding hydrogens is 249 g/mol. The van der Waals surface area contributed by atoms with Crippen molar-refractivity contribution in [1.82, 2.24) is 4.90 Å². The second-order valence-electron chi connectivity index (χ2n) is 4.76. The molecule has 1 heterocycles. The van der Waals surface area contributed by atoms with Crippen LogP contribution in [0.3, 0.4) is 0 Å². The van der Waals surface area contributed by atoms with E-state index in [1.54, 1.807) is 12.1 Å². The van der Waals surface area contributed by atoms with Gasteiger partial charge in [0.1, 0.15) is 18.2 Å². The van der Waals surface area contributed by atoms with Crippen molar-refractivity contribution in [1.29, 1.82) is 0 Å². The molecule has 1 aliphatic rings. The van der Waals surface area contributed by atoms with Crippen molar-refractivity contribution < 1.29 is 19.0 Å². The van der Waals surface area contributed by atoms with E-state index in [2.05, 4.69) is 4.90 Å². The Morgan fingerprint density at radius 2 is 2.16 bits per heavy atom. The highest BCUT2D eigenvalue weighted by molar-refractivity contribution is 5.67. The molecule has 4 nitrogen and oxygen atoms in total. The van der Waals surface area contributed by atoms with Gasteiger partial charge in [-0.2, -0.15) is 0 Å². The first-order valence-corrected chi connectivity index (χ1v) is 6.49. The lowest BCUT2D eigenvalue weighted by Crippen LogP contribution is -2.39. The van der Waals surface area contributed by atoms with Gasteiger partial charge in [-0.3, -0.25) is 9.69 Å². The maximum atomic E-state index is 13.0. The van der Waals surface area contributed by atoms with Gasteiger partial charge in [0.25, 0.3) is 0 Å². The van der Waals surface area contributed by atoms with Crippen LogP contribution in [-0.2, 0) is 4.79 Å². The van der Waals surface area contributed by atoms with Gasteiger partial charge in [0.05, 0.1) is 12.5 Å². The largest absolute Gasteiger partial charge is 0.492 e. The number of carboxylic acids is 1. The van der Waals surface area contributed by atoms with Gasteiger partial charge in [0, 0.05) is 6.07 Å². The number of aliphatic carboxylic acids is 1. The number of likely N-dealkylation sites (tertiary alicyclic amines) is 1. The molecule has 19 heavy (non-hydrogen) atoms. The van der Waals surface area contributed by atoms with Crippen LogP contribution in [0, 0.1) is 5.82 Å². The van der Waals surface area contributed by atoms with Gasteiger partial charge >= 0.3 is 5.97 Å². The molecule has 0 aromatic heterocycles. The summed E-state index contributed by atoms with van der Waals surface area (Å²) in [6, 6.07) is 5.75. The number of nitrogens with zero attached hydrogens (tertiary/aromatic N) is 1. The average molecular weight is 267 g/mol. The lowest BCUT2D eigenvalue weighted by molar-refractivity contribution is -0.138. The second-order valence-corrected chi connectivity index (χ2v) is 4.76. The van der Waals surface area contributed by atoms with E-state index >= 15 is 0 Å². The third-order valence-corrected chi connectivity index (χ3v) is 3.31. The number of rotatable bonds is 6. The molecule has 1 aromatic rings. The van der Waals surface area contributed by atoms with Gasteiger partial charge in [-0.15, -0.1) is 0 Å². The van der Waals surface area contributed by atoms with E-state index in [1.807, 2.05) is 0 Å². The zero-order valence-electron chi connectivity index (χ0n) is 10.7. The number of benzene rings is 1. The zero-order valence-corrected chi connectivity index (χ0v) is 10.7. The van der Waals surface area contributed by atoms with Crippen LogP contribution in [-0.4, -0.2) is 41.7 Å². The molecule has 0 bridgehead atoms. The van der Waals surface area contributed by atoms with Crippen molar-refractivity contribution in [3.63, 3.8) is 0 Å². The fraction of sp³-hybridized carbons (Fsp3) is 0.500. The molecule has 1 N–H and O–H groups in total. The Hall–Kier alpha value is -1.62. The van der Waals surface area contributed by atoms with Crippen molar-refractivity contribution in [3.8, 4) is 5.75 Å². The first-order valence-electron chi connectivity index (χ1n) is 6.49. The standard InChI is InChI=1S/C14H18FNO3/c15-11-4-3-5-13(8-11)19-10-12(9-14(17)18)16-6-1-2-7-16/h3-5,8,12H,1-2,6-7,9-10H2,(H,17,18). The molecule has 2 rings (SSSR count). The van der Waals surface area contributed by atoms with E-state index in [4.69, 9.17) is 9.84 Å². The van der Waals surface area contributed by atoms with E-state index in [9.17, 15) is 9.18 Å². The summed E-state index contributed by atoms with van der Waals surface area (Å²) in [7, 11) is 0. The van der Waals surface area contributed by atoms with E-state index in [1.165, 1.54) is 12.1 Å². The summed E-state index contributed by atoms with van der Waals surface area (Å²) in [5.74, 6) is -0.747. The Bertz CT molecular complexity index is 432. The fourth-order valence-electron chi connectivity index (χ4n) is 2.35. The summed E-state index contributed by atoms with van der Waals surface area (Å²) < 4.78 is 18.5. The molecule has 1 atom stereocenters. The van der Waals surface area contributed by atoms with Crippen LogP contribution < -0.4 is 4.74 Å². The minimum atomic E-state index is -0.834. The number of carboxylic acid groups (broad SMARTS) is 1. The van der Waals surface area contributed by atoms with Crippen molar-refractivity contribution in [3.05, 3.63) is 30.1 Å². The highest BCUT2D eigenvalue weighted by Crippen LogP contribution is 2.17. The van der Waals surface area contributed by atoms with Crippen LogP contribution in [0.15, 0.2) is 24.3 Å². The number of carbonyl (C=O) groups is 1. The normalized spacial score (nSPS) is 17.3. The fourth-order valence-corrected chi connectivity index (χ4v) is 2.35. The lowest BCUT2D eigenvalue weighted by Gasteiger charge is -2.26. The van der Waals surface area contributed by atoms with Crippen LogP contribution in [0.5, 0.6) is 5.75 Å². The molecule has 0 spiro atoms. The van der Waals surface area contributed by atoms with Gasteiger partial charge in [-0.25, -0.2) is 4.39 Å². The van der Waals surface area contributed by atoms with Crippen molar-refractivity contribution in [2.45, 2.75) is 25.3 Å². The topological polar surface area (TPSA) is 49.8 Å². The second kappa shape index (κ2) is 6.52. The zero-order chi connectivity index (χ0) is 13.7. The number of halogens is 1. The molecule has 104 valence electrons. The smallest absolute Gasteiger partial charge is 0.305 e. The van der Waals surface area contributed by atoms with Gasteiger partial charge in [0.2, 0.25) is 0 Å². The Morgan fingerprint density at radius 1 is 1.42 bits per heavy atom. The highest BCUT2D eigenvalue weighted by atomic mass is 19.1. The monoisotopic (exact) mass is 267 g/mol. The Morgan fingerprint density at radius 3 is 2.79 bits per heavy atom. The summed E-state index contributed by atoms with van der Waals surface area (Å²) in [4.78, 5) is 13.0.